The number of H-pyrrole nitrogens is 1. The van der Waals surface area contributed by atoms with Crippen LogP contribution in [0.15, 0.2) is 33.9 Å². The van der Waals surface area contributed by atoms with Gasteiger partial charge in [0.15, 0.2) is 0 Å². The van der Waals surface area contributed by atoms with Gasteiger partial charge in [-0.1, -0.05) is 31.9 Å². The molecule has 2 fully saturated rings. The highest BCUT2D eigenvalue weighted by Gasteiger charge is 2.30. The Morgan fingerprint density at radius 2 is 1.79 bits per heavy atom. The van der Waals surface area contributed by atoms with Gasteiger partial charge in [0, 0.05) is 18.5 Å². The van der Waals surface area contributed by atoms with Crippen LogP contribution >= 0.6 is 0 Å². The predicted octanol–water partition coefficient (Wildman–Crippen LogP) is 3.19. The average Bonchev–Trinajstić information content (AvgIpc) is 2.73. The van der Waals surface area contributed by atoms with E-state index in [-0.39, 0.29) is 29.0 Å². The summed E-state index contributed by atoms with van der Waals surface area (Å²) in [6.45, 7) is 2.66. The minimum absolute atomic E-state index is 0.0620. The van der Waals surface area contributed by atoms with E-state index in [1.807, 2.05) is 12.1 Å². The molecule has 4 rings (SSSR count). The summed E-state index contributed by atoms with van der Waals surface area (Å²) >= 11 is 0. The molecule has 0 unspecified atom stereocenters. The van der Waals surface area contributed by atoms with Crippen molar-refractivity contribution in [2.45, 2.75) is 70.9 Å². The molecule has 1 amide bonds. The number of aromatic amines is 1. The van der Waals surface area contributed by atoms with Crippen molar-refractivity contribution in [2.24, 2.45) is 17.8 Å². The molecule has 0 spiro atoms. The molecule has 2 saturated carbocycles. The van der Waals surface area contributed by atoms with E-state index >= 15 is 0 Å². The fourth-order valence-corrected chi connectivity index (χ4v) is 5.06. The first kappa shape index (κ1) is 19.9. The molecular formula is C23H31N3O3. The second-order valence-electron chi connectivity index (χ2n) is 8.99. The van der Waals surface area contributed by atoms with Gasteiger partial charge in [0.2, 0.25) is 5.91 Å². The molecule has 2 aliphatic rings. The molecule has 2 atom stereocenters. The van der Waals surface area contributed by atoms with Crippen molar-refractivity contribution >= 4 is 16.8 Å². The molecule has 2 aromatic rings. The summed E-state index contributed by atoms with van der Waals surface area (Å²) in [4.78, 5) is 40.6. The normalized spacial score (nSPS) is 27.6. The van der Waals surface area contributed by atoms with Crippen molar-refractivity contribution in [2.75, 3.05) is 0 Å². The van der Waals surface area contributed by atoms with Crippen molar-refractivity contribution in [1.82, 2.24) is 14.9 Å². The van der Waals surface area contributed by atoms with Crippen molar-refractivity contribution in [3.8, 4) is 0 Å². The van der Waals surface area contributed by atoms with Gasteiger partial charge in [0.25, 0.3) is 5.56 Å². The van der Waals surface area contributed by atoms with E-state index in [9.17, 15) is 14.4 Å². The summed E-state index contributed by atoms with van der Waals surface area (Å²) in [5, 5.41) is 3.84. The quantitative estimate of drug-likeness (QED) is 0.831. The Kier molecular flexibility index (Phi) is 5.88. The zero-order valence-corrected chi connectivity index (χ0v) is 17.2. The SMILES string of the molecule is C[C@@H]1CCCC[C@H]1NC(=O)C1CCC(Cn2c(=O)[nH]c3ccccc3c2=O)CC1. The first-order valence-corrected chi connectivity index (χ1v) is 11.0. The van der Waals surface area contributed by atoms with Crippen LogP contribution in [-0.4, -0.2) is 21.5 Å². The molecule has 1 heterocycles. The fourth-order valence-electron chi connectivity index (χ4n) is 5.06. The molecule has 2 aliphatic carbocycles. The summed E-state index contributed by atoms with van der Waals surface area (Å²) in [5.41, 5.74) is 0.00595. The van der Waals surface area contributed by atoms with E-state index < -0.39 is 0 Å². The molecule has 0 radical (unpaired) electrons. The lowest BCUT2D eigenvalue weighted by Crippen LogP contribution is -2.44. The Morgan fingerprint density at radius 1 is 1.07 bits per heavy atom. The molecule has 0 bridgehead atoms. The van der Waals surface area contributed by atoms with Crippen LogP contribution in [0.4, 0.5) is 0 Å². The summed E-state index contributed by atoms with van der Waals surface area (Å²) in [6.07, 6.45) is 8.18. The van der Waals surface area contributed by atoms with E-state index in [1.54, 1.807) is 12.1 Å². The van der Waals surface area contributed by atoms with Gasteiger partial charge in [-0.2, -0.15) is 0 Å². The van der Waals surface area contributed by atoms with Gasteiger partial charge in [-0.25, -0.2) is 4.79 Å². The minimum Gasteiger partial charge on any atom is -0.353 e. The van der Waals surface area contributed by atoms with E-state index in [4.69, 9.17) is 0 Å². The lowest BCUT2D eigenvalue weighted by Gasteiger charge is -2.33. The zero-order chi connectivity index (χ0) is 20.4. The van der Waals surface area contributed by atoms with Crippen LogP contribution in [0, 0.1) is 17.8 Å². The predicted molar refractivity (Wildman–Crippen MR) is 114 cm³/mol. The van der Waals surface area contributed by atoms with Gasteiger partial charge in [0.05, 0.1) is 10.9 Å². The topological polar surface area (TPSA) is 84.0 Å². The molecular weight excluding hydrogens is 366 g/mol. The summed E-state index contributed by atoms with van der Waals surface area (Å²) in [7, 11) is 0. The van der Waals surface area contributed by atoms with Crippen molar-refractivity contribution < 1.29 is 4.79 Å². The van der Waals surface area contributed by atoms with Crippen LogP contribution in [0.3, 0.4) is 0 Å². The van der Waals surface area contributed by atoms with Crippen molar-refractivity contribution in [1.29, 1.82) is 0 Å². The fraction of sp³-hybridized carbons (Fsp3) is 0.609. The molecule has 1 aromatic heterocycles. The maximum atomic E-state index is 12.7. The maximum Gasteiger partial charge on any atom is 0.328 e. The molecule has 29 heavy (non-hydrogen) atoms. The minimum atomic E-state index is -0.347. The maximum absolute atomic E-state index is 12.7. The highest BCUT2D eigenvalue weighted by Crippen LogP contribution is 2.31. The molecule has 6 heteroatoms. The Bertz CT molecular complexity index is 985. The third-order valence-electron chi connectivity index (χ3n) is 6.99. The summed E-state index contributed by atoms with van der Waals surface area (Å²) < 4.78 is 1.33. The Balaban J connectivity index is 1.37. The molecule has 156 valence electrons. The Morgan fingerprint density at radius 3 is 2.55 bits per heavy atom. The summed E-state index contributed by atoms with van der Waals surface area (Å²) in [5.74, 6) is 1.08. The number of rotatable bonds is 4. The number of fused-ring (bicyclic) bond motifs is 1. The highest BCUT2D eigenvalue weighted by atomic mass is 16.2. The van der Waals surface area contributed by atoms with E-state index in [2.05, 4.69) is 17.2 Å². The van der Waals surface area contributed by atoms with Gasteiger partial charge in [-0.15, -0.1) is 0 Å². The van der Waals surface area contributed by atoms with Gasteiger partial charge >= 0.3 is 5.69 Å². The molecule has 0 saturated heterocycles. The first-order valence-electron chi connectivity index (χ1n) is 11.0. The Labute approximate surface area is 170 Å². The molecule has 6 nitrogen and oxygen atoms in total. The van der Waals surface area contributed by atoms with Crippen LogP contribution in [-0.2, 0) is 11.3 Å². The summed E-state index contributed by atoms with van der Waals surface area (Å²) in [6, 6.07) is 7.44. The number of carbonyl (C=O) groups is 1. The van der Waals surface area contributed by atoms with Gasteiger partial charge in [-0.3, -0.25) is 14.2 Å². The average molecular weight is 398 g/mol. The van der Waals surface area contributed by atoms with Crippen molar-refractivity contribution in [3.05, 3.63) is 45.1 Å². The van der Waals surface area contributed by atoms with Crippen LogP contribution < -0.4 is 16.6 Å². The second-order valence-corrected chi connectivity index (χ2v) is 8.99. The monoisotopic (exact) mass is 397 g/mol. The van der Waals surface area contributed by atoms with Gasteiger partial charge in [-0.05, 0) is 62.5 Å². The van der Waals surface area contributed by atoms with Gasteiger partial charge < -0.3 is 10.3 Å². The first-order chi connectivity index (χ1) is 14.0. The molecule has 0 aliphatic heterocycles. The lowest BCUT2D eigenvalue weighted by atomic mass is 9.80. The van der Waals surface area contributed by atoms with E-state index in [1.165, 1.54) is 23.8 Å². The van der Waals surface area contributed by atoms with E-state index in [0.717, 1.165) is 32.1 Å². The Hall–Kier alpha value is -2.37. The van der Waals surface area contributed by atoms with Crippen LogP contribution in [0.2, 0.25) is 0 Å². The van der Waals surface area contributed by atoms with Gasteiger partial charge in [0.1, 0.15) is 0 Å². The zero-order valence-electron chi connectivity index (χ0n) is 17.2. The third kappa shape index (κ3) is 4.31. The number of nitrogens with zero attached hydrogens (tertiary/aromatic N) is 1. The number of carbonyl (C=O) groups excluding carboxylic acids is 1. The molecule has 2 N–H and O–H groups in total. The van der Waals surface area contributed by atoms with Crippen molar-refractivity contribution in [3.63, 3.8) is 0 Å². The number of para-hydroxylation sites is 1. The van der Waals surface area contributed by atoms with Crippen LogP contribution in [0.1, 0.15) is 58.3 Å². The number of hydrogen-bond donors (Lipinski definition) is 2. The number of benzene rings is 1. The van der Waals surface area contributed by atoms with Crippen LogP contribution in [0.5, 0.6) is 0 Å². The van der Waals surface area contributed by atoms with Crippen LogP contribution in [0.25, 0.3) is 10.9 Å². The third-order valence-corrected chi connectivity index (χ3v) is 6.99. The highest BCUT2D eigenvalue weighted by molar-refractivity contribution is 5.79. The number of amides is 1. The molecule has 1 aromatic carbocycles. The smallest absolute Gasteiger partial charge is 0.328 e. The number of hydrogen-bond acceptors (Lipinski definition) is 3. The number of aromatic nitrogens is 2. The largest absolute Gasteiger partial charge is 0.353 e. The number of nitrogens with one attached hydrogen (secondary N) is 2. The van der Waals surface area contributed by atoms with E-state index in [0.29, 0.717) is 29.4 Å². The lowest BCUT2D eigenvalue weighted by molar-refractivity contribution is -0.127. The second kappa shape index (κ2) is 8.56. The standard InChI is InChI=1S/C23H31N3O3/c1-15-6-2-4-8-19(15)24-21(27)17-12-10-16(11-13-17)14-26-22(28)18-7-3-5-9-20(18)25-23(26)29/h3,5,7,9,15-17,19H,2,4,6,8,10-14H2,1H3,(H,24,27)(H,25,29)/t15-,16?,17?,19-/m1/s1.